The van der Waals surface area contributed by atoms with Gasteiger partial charge in [-0.1, -0.05) is 18.2 Å². The van der Waals surface area contributed by atoms with E-state index >= 15 is 0 Å². The average molecular weight is 430 g/mol. The molecule has 3 aromatic rings. The number of aromatic nitrogens is 3. The molecule has 3 aliphatic rings. The molecule has 6 heteroatoms. The molecule has 1 atom stereocenters. The van der Waals surface area contributed by atoms with E-state index in [1.54, 1.807) is 0 Å². The van der Waals surface area contributed by atoms with E-state index in [1.807, 2.05) is 6.92 Å². The number of benzene rings is 1. The molecule has 1 spiro atoms. The molecule has 0 saturated carbocycles. The third-order valence-electron chi connectivity index (χ3n) is 7.50. The highest BCUT2D eigenvalue weighted by Gasteiger charge is 2.43. The Kier molecular flexibility index (Phi) is 5.07. The summed E-state index contributed by atoms with van der Waals surface area (Å²) in [6.45, 7) is 8.53. The van der Waals surface area contributed by atoms with Gasteiger partial charge in [-0.15, -0.1) is 0 Å². The van der Waals surface area contributed by atoms with Crippen molar-refractivity contribution in [3.05, 3.63) is 59.2 Å². The fourth-order valence-corrected chi connectivity index (χ4v) is 5.94. The highest BCUT2D eigenvalue weighted by molar-refractivity contribution is 5.81. The van der Waals surface area contributed by atoms with E-state index in [1.165, 1.54) is 41.5 Å². The monoisotopic (exact) mass is 429 g/mol. The summed E-state index contributed by atoms with van der Waals surface area (Å²) in [5.41, 5.74) is 5.27. The van der Waals surface area contributed by atoms with Crippen LogP contribution in [0.1, 0.15) is 41.9 Å². The first-order valence-electron chi connectivity index (χ1n) is 12.0. The van der Waals surface area contributed by atoms with Gasteiger partial charge in [-0.2, -0.15) is 0 Å². The van der Waals surface area contributed by atoms with Gasteiger partial charge < -0.3 is 9.64 Å². The van der Waals surface area contributed by atoms with Gasteiger partial charge in [0.2, 0.25) is 0 Å². The summed E-state index contributed by atoms with van der Waals surface area (Å²) in [4.78, 5) is 19.6. The van der Waals surface area contributed by atoms with Crippen LogP contribution in [-0.4, -0.2) is 59.2 Å². The highest BCUT2D eigenvalue weighted by Crippen LogP contribution is 2.44. The van der Waals surface area contributed by atoms with E-state index in [-0.39, 0.29) is 5.41 Å². The normalized spacial score (nSPS) is 23.7. The SMILES string of the molecule is Cc1ncc2c(n1)C1(CCCN(Cc3cc4ccccc4nc3N3CCOCC3)C1)CC2. The van der Waals surface area contributed by atoms with Crippen molar-refractivity contribution in [1.29, 1.82) is 0 Å². The number of ether oxygens (including phenoxy) is 1. The van der Waals surface area contributed by atoms with Crippen molar-refractivity contribution in [2.24, 2.45) is 0 Å². The molecule has 0 N–H and O–H groups in total. The molecule has 6 rings (SSSR count). The van der Waals surface area contributed by atoms with E-state index in [0.29, 0.717) is 0 Å². The highest BCUT2D eigenvalue weighted by atomic mass is 16.5. The van der Waals surface area contributed by atoms with Crippen molar-refractivity contribution < 1.29 is 4.74 Å². The zero-order chi connectivity index (χ0) is 21.5. The number of hydrogen-bond acceptors (Lipinski definition) is 6. The molecule has 1 aromatic carbocycles. The molecular weight excluding hydrogens is 398 g/mol. The number of aryl methyl sites for hydroxylation is 2. The zero-order valence-electron chi connectivity index (χ0n) is 18.9. The second-order valence-electron chi connectivity index (χ2n) is 9.65. The van der Waals surface area contributed by atoms with E-state index in [2.05, 4.69) is 51.3 Å². The number of anilines is 1. The maximum absolute atomic E-state index is 5.61. The van der Waals surface area contributed by atoms with Gasteiger partial charge in [-0.25, -0.2) is 15.0 Å². The van der Waals surface area contributed by atoms with E-state index in [4.69, 9.17) is 14.7 Å². The van der Waals surface area contributed by atoms with Crippen LogP contribution in [-0.2, 0) is 23.1 Å². The van der Waals surface area contributed by atoms with Crippen LogP contribution in [0.2, 0.25) is 0 Å². The van der Waals surface area contributed by atoms with Crippen molar-refractivity contribution in [3.63, 3.8) is 0 Å². The van der Waals surface area contributed by atoms with Crippen LogP contribution in [0, 0.1) is 6.92 Å². The largest absolute Gasteiger partial charge is 0.378 e. The van der Waals surface area contributed by atoms with Gasteiger partial charge in [0.1, 0.15) is 11.6 Å². The van der Waals surface area contributed by atoms with E-state index in [9.17, 15) is 0 Å². The Bertz CT molecular complexity index is 1140. The number of pyridine rings is 1. The average Bonchev–Trinajstić information content (AvgIpc) is 3.16. The molecule has 2 aliphatic heterocycles. The van der Waals surface area contributed by atoms with Crippen LogP contribution in [0.5, 0.6) is 0 Å². The van der Waals surface area contributed by atoms with Gasteiger partial charge in [0.05, 0.1) is 24.4 Å². The van der Waals surface area contributed by atoms with Crippen LogP contribution in [0.25, 0.3) is 10.9 Å². The molecule has 2 saturated heterocycles. The van der Waals surface area contributed by atoms with Crippen molar-refractivity contribution in [3.8, 4) is 0 Å². The maximum Gasteiger partial charge on any atom is 0.133 e. The van der Waals surface area contributed by atoms with Crippen LogP contribution in [0.3, 0.4) is 0 Å². The molecule has 0 radical (unpaired) electrons. The zero-order valence-corrected chi connectivity index (χ0v) is 18.9. The van der Waals surface area contributed by atoms with Crippen molar-refractivity contribution in [2.75, 3.05) is 44.3 Å². The first-order chi connectivity index (χ1) is 15.7. The Morgan fingerprint density at radius 1 is 1.06 bits per heavy atom. The Morgan fingerprint density at radius 2 is 1.94 bits per heavy atom. The fraction of sp³-hybridized carbons (Fsp3) is 0.500. The van der Waals surface area contributed by atoms with E-state index in [0.717, 1.165) is 69.5 Å². The van der Waals surface area contributed by atoms with Crippen molar-refractivity contribution in [2.45, 2.75) is 44.6 Å². The first kappa shape index (κ1) is 20.1. The van der Waals surface area contributed by atoms with Gasteiger partial charge in [0, 0.05) is 48.7 Å². The molecule has 1 aliphatic carbocycles. The molecule has 32 heavy (non-hydrogen) atoms. The molecular formula is C26H31N5O. The fourth-order valence-electron chi connectivity index (χ4n) is 5.94. The van der Waals surface area contributed by atoms with Gasteiger partial charge in [-0.3, -0.25) is 4.90 Å². The summed E-state index contributed by atoms with van der Waals surface area (Å²) in [6, 6.07) is 10.8. The summed E-state index contributed by atoms with van der Waals surface area (Å²) < 4.78 is 5.61. The molecule has 2 aromatic heterocycles. The molecule has 166 valence electrons. The third kappa shape index (κ3) is 3.55. The van der Waals surface area contributed by atoms with Gasteiger partial charge >= 0.3 is 0 Å². The Balaban J connectivity index is 1.32. The lowest BCUT2D eigenvalue weighted by atomic mass is 9.77. The molecule has 2 fully saturated rings. The predicted molar refractivity (Wildman–Crippen MR) is 126 cm³/mol. The molecule has 0 bridgehead atoms. The smallest absolute Gasteiger partial charge is 0.133 e. The molecule has 4 heterocycles. The minimum atomic E-state index is 0.185. The summed E-state index contributed by atoms with van der Waals surface area (Å²) >= 11 is 0. The van der Waals surface area contributed by atoms with Gasteiger partial charge in [0.25, 0.3) is 0 Å². The second-order valence-corrected chi connectivity index (χ2v) is 9.65. The number of morpholine rings is 1. The molecule has 6 nitrogen and oxygen atoms in total. The quantitative estimate of drug-likeness (QED) is 0.634. The van der Waals surface area contributed by atoms with Crippen LogP contribution in [0.4, 0.5) is 5.82 Å². The number of likely N-dealkylation sites (tertiary alicyclic amines) is 1. The van der Waals surface area contributed by atoms with Crippen molar-refractivity contribution >= 4 is 16.7 Å². The number of para-hydroxylation sites is 1. The topological polar surface area (TPSA) is 54.4 Å². The molecule has 0 amide bonds. The Hall–Kier alpha value is -2.57. The lowest BCUT2D eigenvalue weighted by molar-refractivity contribution is 0.121. The van der Waals surface area contributed by atoms with Gasteiger partial charge in [-0.05, 0) is 56.8 Å². The number of fused-ring (bicyclic) bond motifs is 3. The third-order valence-corrected chi connectivity index (χ3v) is 7.50. The lowest BCUT2D eigenvalue weighted by Gasteiger charge is -2.41. The van der Waals surface area contributed by atoms with Crippen LogP contribution >= 0.6 is 0 Å². The minimum Gasteiger partial charge on any atom is -0.378 e. The number of nitrogens with zero attached hydrogens (tertiary/aromatic N) is 5. The van der Waals surface area contributed by atoms with E-state index < -0.39 is 0 Å². The van der Waals surface area contributed by atoms with Gasteiger partial charge in [0.15, 0.2) is 0 Å². The minimum absolute atomic E-state index is 0.185. The standard InChI is InChI=1S/C26H31N5O/c1-19-27-16-21-7-9-26(24(21)28-19)8-4-10-30(18-26)17-22-15-20-5-2-3-6-23(20)29-25(22)31-11-13-32-14-12-31/h2-3,5-6,15-16H,4,7-14,17-18H2,1H3. The summed E-state index contributed by atoms with van der Waals surface area (Å²) in [7, 11) is 0. The summed E-state index contributed by atoms with van der Waals surface area (Å²) in [5, 5.41) is 1.22. The number of piperidine rings is 1. The Morgan fingerprint density at radius 3 is 2.84 bits per heavy atom. The summed E-state index contributed by atoms with van der Waals surface area (Å²) in [5.74, 6) is 2.03. The lowest BCUT2D eigenvalue weighted by Crippen LogP contribution is -2.45. The maximum atomic E-state index is 5.61. The first-order valence-corrected chi connectivity index (χ1v) is 12.0. The second kappa shape index (κ2) is 8.09. The predicted octanol–water partition coefficient (Wildman–Crippen LogP) is 3.65. The van der Waals surface area contributed by atoms with Crippen molar-refractivity contribution in [1.82, 2.24) is 19.9 Å². The molecule has 1 unspecified atom stereocenters. The number of hydrogen-bond donors (Lipinski definition) is 0. The summed E-state index contributed by atoms with van der Waals surface area (Å²) in [6.07, 6.45) is 6.83. The Labute approximate surface area is 189 Å². The number of rotatable bonds is 3. The van der Waals surface area contributed by atoms with Crippen LogP contribution in [0.15, 0.2) is 36.5 Å². The van der Waals surface area contributed by atoms with Crippen LogP contribution < -0.4 is 4.90 Å².